The third-order valence-electron chi connectivity index (χ3n) is 3.01. The van der Waals surface area contributed by atoms with Crippen LogP contribution in [0, 0.1) is 0 Å². The van der Waals surface area contributed by atoms with Gasteiger partial charge in [0.25, 0.3) is 0 Å². The summed E-state index contributed by atoms with van der Waals surface area (Å²) in [5.41, 5.74) is 1.75. The van der Waals surface area contributed by atoms with Crippen molar-refractivity contribution >= 4 is 54.4 Å². The molecule has 5 heteroatoms. The van der Waals surface area contributed by atoms with Crippen molar-refractivity contribution in [2.45, 2.75) is 5.88 Å². The van der Waals surface area contributed by atoms with Gasteiger partial charge in [0.1, 0.15) is 5.75 Å². The molecular formula is C16H10Br2ClNO. The number of fused-ring (bicyclic) bond motifs is 1. The van der Waals surface area contributed by atoms with Crippen LogP contribution < -0.4 is 4.74 Å². The Labute approximate surface area is 144 Å². The molecule has 0 fully saturated rings. The molecule has 0 amide bonds. The highest BCUT2D eigenvalue weighted by atomic mass is 79.9. The zero-order valence-corrected chi connectivity index (χ0v) is 14.7. The van der Waals surface area contributed by atoms with Crippen LogP contribution in [-0.2, 0) is 5.88 Å². The summed E-state index contributed by atoms with van der Waals surface area (Å²) >= 11 is 12.9. The highest BCUT2D eigenvalue weighted by molar-refractivity contribution is 9.11. The predicted octanol–water partition coefficient (Wildman–Crippen LogP) is 6.29. The average Bonchev–Trinajstić information content (AvgIpc) is 2.49. The van der Waals surface area contributed by atoms with E-state index < -0.39 is 0 Å². The van der Waals surface area contributed by atoms with Gasteiger partial charge in [-0.3, -0.25) is 0 Å². The van der Waals surface area contributed by atoms with E-state index in [2.05, 4.69) is 36.8 Å². The Bertz CT molecular complexity index is 807. The fourth-order valence-electron chi connectivity index (χ4n) is 1.99. The lowest BCUT2D eigenvalue weighted by molar-refractivity contribution is 0.457. The first-order chi connectivity index (χ1) is 10.2. The van der Waals surface area contributed by atoms with Crippen LogP contribution in [0.15, 0.2) is 57.5 Å². The van der Waals surface area contributed by atoms with Crippen LogP contribution in [0.2, 0.25) is 0 Å². The first-order valence-corrected chi connectivity index (χ1v) is 8.37. The van der Waals surface area contributed by atoms with Crippen molar-refractivity contribution in [2.75, 3.05) is 0 Å². The lowest BCUT2D eigenvalue weighted by atomic mass is 10.2. The zero-order chi connectivity index (χ0) is 14.8. The first-order valence-electron chi connectivity index (χ1n) is 6.25. The molecule has 0 spiro atoms. The van der Waals surface area contributed by atoms with Crippen molar-refractivity contribution in [3.63, 3.8) is 0 Å². The van der Waals surface area contributed by atoms with Crippen molar-refractivity contribution in [1.82, 2.24) is 4.98 Å². The molecular weight excluding hydrogens is 417 g/mol. The first kappa shape index (κ1) is 14.8. The van der Waals surface area contributed by atoms with Crippen LogP contribution >= 0.6 is 43.5 Å². The Hall–Kier alpha value is -1.10. The molecule has 106 valence electrons. The lowest BCUT2D eigenvalue weighted by Crippen LogP contribution is -1.95. The van der Waals surface area contributed by atoms with Crippen LogP contribution in [0.25, 0.3) is 10.9 Å². The molecule has 3 rings (SSSR count). The maximum absolute atomic E-state index is 6.02. The molecule has 1 heterocycles. The molecule has 2 nitrogen and oxygen atoms in total. The van der Waals surface area contributed by atoms with Crippen LogP contribution in [-0.4, -0.2) is 4.98 Å². The van der Waals surface area contributed by atoms with E-state index in [9.17, 15) is 0 Å². The number of benzene rings is 2. The Kier molecular flexibility index (Phi) is 4.48. The molecule has 0 aliphatic heterocycles. The van der Waals surface area contributed by atoms with Crippen molar-refractivity contribution < 1.29 is 4.74 Å². The minimum atomic E-state index is 0.349. The Morgan fingerprint density at radius 1 is 1.05 bits per heavy atom. The van der Waals surface area contributed by atoms with Gasteiger partial charge in [0.05, 0.1) is 15.9 Å². The van der Waals surface area contributed by atoms with Gasteiger partial charge in [-0.2, -0.15) is 0 Å². The number of ether oxygens (including phenoxy) is 1. The van der Waals surface area contributed by atoms with Crippen LogP contribution in [0.1, 0.15) is 5.56 Å². The van der Waals surface area contributed by atoms with E-state index in [1.54, 1.807) is 0 Å². The Morgan fingerprint density at radius 2 is 1.86 bits per heavy atom. The maximum atomic E-state index is 6.02. The number of rotatable bonds is 3. The molecule has 0 saturated heterocycles. The second-order valence-corrected chi connectivity index (χ2v) is 6.49. The number of alkyl halides is 1. The molecule has 1 aromatic heterocycles. The van der Waals surface area contributed by atoms with E-state index in [4.69, 9.17) is 16.3 Å². The maximum Gasteiger partial charge on any atom is 0.224 e. The van der Waals surface area contributed by atoms with E-state index in [0.29, 0.717) is 17.5 Å². The zero-order valence-electron chi connectivity index (χ0n) is 10.8. The summed E-state index contributed by atoms with van der Waals surface area (Å²) in [5.74, 6) is 1.58. The Balaban J connectivity index is 2.06. The van der Waals surface area contributed by atoms with Gasteiger partial charge in [-0.05, 0) is 46.3 Å². The summed E-state index contributed by atoms with van der Waals surface area (Å²) in [6, 6.07) is 15.6. The molecule has 0 bridgehead atoms. The Morgan fingerprint density at radius 3 is 2.62 bits per heavy atom. The van der Waals surface area contributed by atoms with Gasteiger partial charge in [-0.1, -0.05) is 34.1 Å². The van der Waals surface area contributed by atoms with E-state index >= 15 is 0 Å². The average molecular weight is 428 g/mol. The van der Waals surface area contributed by atoms with Crippen LogP contribution in [0.4, 0.5) is 0 Å². The molecule has 3 aromatic rings. The molecule has 0 aliphatic rings. The summed E-state index contributed by atoms with van der Waals surface area (Å²) in [6.45, 7) is 0. The van der Waals surface area contributed by atoms with Crippen molar-refractivity contribution in [2.24, 2.45) is 0 Å². The SMILES string of the molecule is ClCc1cc2ccccc2nc1Oc1ccc(Br)cc1Br. The number of aromatic nitrogens is 1. The quantitative estimate of drug-likeness (QED) is 0.458. The van der Waals surface area contributed by atoms with E-state index in [1.807, 2.05) is 48.5 Å². The fraction of sp³-hybridized carbons (Fsp3) is 0.0625. The molecule has 2 aromatic carbocycles. The number of hydrogen-bond donors (Lipinski definition) is 0. The van der Waals surface area contributed by atoms with Gasteiger partial charge in [0.2, 0.25) is 5.88 Å². The van der Waals surface area contributed by atoms with Gasteiger partial charge < -0.3 is 4.74 Å². The van der Waals surface area contributed by atoms with Crippen LogP contribution in [0.3, 0.4) is 0 Å². The number of halogens is 3. The third-order valence-corrected chi connectivity index (χ3v) is 4.41. The summed E-state index contributed by atoms with van der Waals surface area (Å²) < 4.78 is 7.76. The van der Waals surface area contributed by atoms with Gasteiger partial charge in [0, 0.05) is 15.4 Å². The van der Waals surface area contributed by atoms with Gasteiger partial charge in [-0.25, -0.2) is 4.98 Å². The number of pyridine rings is 1. The number of nitrogens with zero attached hydrogens (tertiary/aromatic N) is 1. The van der Waals surface area contributed by atoms with Crippen molar-refractivity contribution in [3.05, 3.63) is 63.0 Å². The van der Waals surface area contributed by atoms with E-state index in [0.717, 1.165) is 25.4 Å². The largest absolute Gasteiger partial charge is 0.437 e. The normalized spacial score (nSPS) is 10.8. The minimum absolute atomic E-state index is 0.349. The summed E-state index contributed by atoms with van der Waals surface area (Å²) in [5, 5.41) is 1.05. The molecule has 0 aliphatic carbocycles. The lowest BCUT2D eigenvalue weighted by Gasteiger charge is -2.11. The second kappa shape index (κ2) is 6.34. The fourth-order valence-corrected chi connectivity index (χ4v) is 3.31. The van der Waals surface area contributed by atoms with Crippen molar-refractivity contribution in [1.29, 1.82) is 0 Å². The van der Waals surface area contributed by atoms with Gasteiger partial charge in [-0.15, -0.1) is 11.6 Å². The smallest absolute Gasteiger partial charge is 0.224 e. The predicted molar refractivity (Wildman–Crippen MR) is 93.2 cm³/mol. The second-order valence-electron chi connectivity index (χ2n) is 4.46. The van der Waals surface area contributed by atoms with Crippen molar-refractivity contribution in [3.8, 4) is 11.6 Å². The molecule has 0 N–H and O–H groups in total. The van der Waals surface area contributed by atoms with E-state index in [1.165, 1.54) is 0 Å². The topological polar surface area (TPSA) is 22.1 Å². The molecule has 0 radical (unpaired) electrons. The van der Waals surface area contributed by atoms with E-state index in [-0.39, 0.29) is 0 Å². The summed E-state index contributed by atoms with van der Waals surface area (Å²) in [6.07, 6.45) is 0. The highest BCUT2D eigenvalue weighted by Crippen LogP contribution is 2.34. The summed E-state index contributed by atoms with van der Waals surface area (Å²) in [4.78, 5) is 4.57. The van der Waals surface area contributed by atoms with Crippen LogP contribution in [0.5, 0.6) is 11.6 Å². The molecule has 21 heavy (non-hydrogen) atoms. The minimum Gasteiger partial charge on any atom is -0.437 e. The number of hydrogen-bond acceptors (Lipinski definition) is 2. The molecule has 0 saturated carbocycles. The monoisotopic (exact) mass is 425 g/mol. The molecule has 0 atom stereocenters. The third kappa shape index (κ3) is 3.23. The number of para-hydroxylation sites is 1. The summed E-state index contributed by atoms with van der Waals surface area (Å²) in [7, 11) is 0. The highest BCUT2D eigenvalue weighted by Gasteiger charge is 2.10. The van der Waals surface area contributed by atoms with Gasteiger partial charge >= 0.3 is 0 Å². The van der Waals surface area contributed by atoms with Gasteiger partial charge in [0.15, 0.2) is 0 Å². The molecule has 0 unspecified atom stereocenters. The standard InChI is InChI=1S/C16H10Br2ClNO/c17-12-5-6-15(13(18)8-12)21-16-11(9-19)7-10-3-1-2-4-14(10)20-16/h1-8H,9H2.